The Labute approximate surface area is 99.9 Å². The number of halogens is 1. The number of ether oxygens (including phenoxy) is 1. The zero-order valence-electron chi connectivity index (χ0n) is 9.29. The molecule has 1 unspecified atom stereocenters. The molecule has 15 heavy (non-hydrogen) atoms. The summed E-state index contributed by atoms with van der Waals surface area (Å²) in [5.74, 6) is 0. The van der Waals surface area contributed by atoms with E-state index in [1.807, 2.05) is 18.2 Å². The lowest BCUT2D eigenvalue weighted by atomic mass is 10.2. The second-order valence-electron chi connectivity index (χ2n) is 3.77. The Kier molecular flexibility index (Phi) is 5.12. The van der Waals surface area contributed by atoms with Crippen LogP contribution in [0.4, 0.5) is 5.69 Å². The van der Waals surface area contributed by atoms with Crippen molar-refractivity contribution in [3.05, 3.63) is 28.2 Å². The van der Waals surface area contributed by atoms with Gasteiger partial charge >= 0.3 is 0 Å². The van der Waals surface area contributed by atoms with E-state index in [0.717, 1.165) is 28.6 Å². The standard InChI is InChI=1S/C12H18BrNO/c1-3-4-9(2)15-8-10-5-6-11(13)12(14)7-10/h5-7,9H,3-4,8,14H2,1-2H3. The molecule has 0 aliphatic rings. The molecular formula is C12H18BrNO. The van der Waals surface area contributed by atoms with Crippen LogP contribution < -0.4 is 5.73 Å². The molecule has 0 heterocycles. The molecule has 84 valence electrons. The van der Waals surface area contributed by atoms with Gasteiger partial charge in [0.15, 0.2) is 0 Å². The quantitative estimate of drug-likeness (QED) is 0.829. The maximum absolute atomic E-state index is 5.78. The fraction of sp³-hybridized carbons (Fsp3) is 0.500. The molecule has 2 N–H and O–H groups in total. The lowest BCUT2D eigenvalue weighted by molar-refractivity contribution is 0.0472. The summed E-state index contributed by atoms with van der Waals surface area (Å²) in [6, 6.07) is 5.93. The summed E-state index contributed by atoms with van der Waals surface area (Å²) in [5, 5.41) is 0. The fourth-order valence-corrected chi connectivity index (χ4v) is 1.66. The van der Waals surface area contributed by atoms with E-state index in [1.54, 1.807) is 0 Å². The Morgan fingerprint density at radius 1 is 1.47 bits per heavy atom. The molecule has 0 spiro atoms. The third-order valence-electron chi connectivity index (χ3n) is 2.29. The van der Waals surface area contributed by atoms with Gasteiger partial charge in [0.25, 0.3) is 0 Å². The minimum Gasteiger partial charge on any atom is -0.398 e. The molecule has 1 rings (SSSR count). The summed E-state index contributed by atoms with van der Waals surface area (Å²) in [6.07, 6.45) is 2.58. The van der Waals surface area contributed by atoms with Crippen molar-refractivity contribution < 1.29 is 4.74 Å². The number of benzene rings is 1. The van der Waals surface area contributed by atoms with Gasteiger partial charge in [-0.3, -0.25) is 0 Å². The smallest absolute Gasteiger partial charge is 0.0721 e. The molecule has 0 saturated carbocycles. The zero-order chi connectivity index (χ0) is 11.3. The predicted octanol–water partition coefficient (Wildman–Crippen LogP) is 3.74. The average molecular weight is 272 g/mol. The van der Waals surface area contributed by atoms with Crippen LogP contribution in [0.15, 0.2) is 22.7 Å². The van der Waals surface area contributed by atoms with Crippen LogP contribution in [0.2, 0.25) is 0 Å². The van der Waals surface area contributed by atoms with Crippen molar-refractivity contribution in [2.24, 2.45) is 0 Å². The second-order valence-corrected chi connectivity index (χ2v) is 4.62. The minimum atomic E-state index is 0.319. The van der Waals surface area contributed by atoms with E-state index in [-0.39, 0.29) is 0 Å². The van der Waals surface area contributed by atoms with Crippen LogP contribution in [-0.2, 0) is 11.3 Å². The normalized spacial score (nSPS) is 12.7. The molecule has 0 fully saturated rings. The predicted molar refractivity (Wildman–Crippen MR) is 67.7 cm³/mol. The van der Waals surface area contributed by atoms with Gasteiger partial charge in [-0.15, -0.1) is 0 Å². The van der Waals surface area contributed by atoms with E-state index in [0.29, 0.717) is 12.7 Å². The lowest BCUT2D eigenvalue weighted by Crippen LogP contribution is -2.07. The average Bonchev–Trinajstić information content (AvgIpc) is 2.20. The van der Waals surface area contributed by atoms with Crippen LogP contribution in [0.3, 0.4) is 0 Å². The van der Waals surface area contributed by atoms with Gasteiger partial charge in [-0.05, 0) is 47.0 Å². The third-order valence-corrected chi connectivity index (χ3v) is 3.01. The van der Waals surface area contributed by atoms with E-state index in [4.69, 9.17) is 10.5 Å². The van der Waals surface area contributed by atoms with Gasteiger partial charge in [-0.1, -0.05) is 19.4 Å². The topological polar surface area (TPSA) is 35.2 Å². The van der Waals surface area contributed by atoms with Crippen LogP contribution in [0.5, 0.6) is 0 Å². The Morgan fingerprint density at radius 2 is 2.20 bits per heavy atom. The van der Waals surface area contributed by atoms with Crippen molar-refractivity contribution in [2.75, 3.05) is 5.73 Å². The van der Waals surface area contributed by atoms with Gasteiger partial charge < -0.3 is 10.5 Å². The number of hydrogen-bond acceptors (Lipinski definition) is 2. The molecular weight excluding hydrogens is 254 g/mol. The van der Waals surface area contributed by atoms with E-state index < -0.39 is 0 Å². The second kappa shape index (κ2) is 6.13. The summed E-state index contributed by atoms with van der Waals surface area (Å²) in [6.45, 7) is 4.90. The van der Waals surface area contributed by atoms with Crippen molar-refractivity contribution >= 4 is 21.6 Å². The summed E-state index contributed by atoms with van der Waals surface area (Å²) in [7, 11) is 0. The molecule has 2 nitrogen and oxygen atoms in total. The Morgan fingerprint density at radius 3 is 2.80 bits per heavy atom. The van der Waals surface area contributed by atoms with Crippen molar-refractivity contribution in [2.45, 2.75) is 39.4 Å². The number of nitrogen functional groups attached to an aromatic ring is 1. The lowest BCUT2D eigenvalue weighted by Gasteiger charge is -2.12. The SMILES string of the molecule is CCCC(C)OCc1ccc(Br)c(N)c1. The number of anilines is 1. The van der Waals surface area contributed by atoms with Gasteiger partial charge in [-0.2, -0.15) is 0 Å². The van der Waals surface area contributed by atoms with Crippen molar-refractivity contribution in [3.8, 4) is 0 Å². The van der Waals surface area contributed by atoms with Crippen LogP contribution in [0, 0.1) is 0 Å². The van der Waals surface area contributed by atoms with E-state index in [9.17, 15) is 0 Å². The van der Waals surface area contributed by atoms with Gasteiger partial charge in [0.2, 0.25) is 0 Å². The first kappa shape index (κ1) is 12.5. The first-order valence-corrected chi connectivity index (χ1v) is 6.08. The van der Waals surface area contributed by atoms with Gasteiger partial charge in [0.05, 0.1) is 12.7 Å². The van der Waals surface area contributed by atoms with Gasteiger partial charge in [0, 0.05) is 10.2 Å². The van der Waals surface area contributed by atoms with Crippen molar-refractivity contribution in [3.63, 3.8) is 0 Å². The fourth-order valence-electron chi connectivity index (χ4n) is 1.41. The van der Waals surface area contributed by atoms with Crippen molar-refractivity contribution in [1.29, 1.82) is 0 Å². The highest BCUT2D eigenvalue weighted by Crippen LogP contribution is 2.20. The third kappa shape index (κ3) is 4.22. The summed E-state index contributed by atoms with van der Waals surface area (Å²) in [4.78, 5) is 0. The monoisotopic (exact) mass is 271 g/mol. The van der Waals surface area contributed by atoms with Crippen molar-refractivity contribution in [1.82, 2.24) is 0 Å². The molecule has 3 heteroatoms. The highest BCUT2D eigenvalue weighted by Gasteiger charge is 2.02. The van der Waals surface area contributed by atoms with Gasteiger partial charge in [-0.25, -0.2) is 0 Å². The highest BCUT2D eigenvalue weighted by molar-refractivity contribution is 9.10. The molecule has 0 amide bonds. The van der Waals surface area contributed by atoms with Crippen LogP contribution in [-0.4, -0.2) is 6.10 Å². The molecule has 0 radical (unpaired) electrons. The maximum Gasteiger partial charge on any atom is 0.0721 e. The molecule has 1 atom stereocenters. The zero-order valence-corrected chi connectivity index (χ0v) is 10.9. The van der Waals surface area contributed by atoms with Crippen LogP contribution >= 0.6 is 15.9 Å². The van der Waals surface area contributed by atoms with E-state index in [1.165, 1.54) is 0 Å². The summed E-state index contributed by atoms with van der Waals surface area (Å²) < 4.78 is 6.63. The molecule has 1 aromatic carbocycles. The number of rotatable bonds is 5. The number of hydrogen-bond donors (Lipinski definition) is 1. The maximum atomic E-state index is 5.78. The number of nitrogens with two attached hydrogens (primary N) is 1. The van der Waals surface area contributed by atoms with E-state index in [2.05, 4.69) is 29.8 Å². The Balaban J connectivity index is 2.47. The molecule has 0 bridgehead atoms. The Hall–Kier alpha value is -0.540. The summed E-state index contributed by atoms with van der Waals surface area (Å²) >= 11 is 3.37. The molecule has 0 aliphatic carbocycles. The van der Waals surface area contributed by atoms with Gasteiger partial charge in [0.1, 0.15) is 0 Å². The Bertz CT molecular complexity index is 314. The minimum absolute atomic E-state index is 0.319. The molecule has 1 aromatic rings. The first-order chi connectivity index (χ1) is 7.13. The molecule has 0 aromatic heterocycles. The van der Waals surface area contributed by atoms with Crippen LogP contribution in [0.25, 0.3) is 0 Å². The summed E-state index contributed by atoms with van der Waals surface area (Å²) in [5.41, 5.74) is 7.67. The van der Waals surface area contributed by atoms with Crippen LogP contribution in [0.1, 0.15) is 32.3 Å². The molecule has 0 saturated heterocycles. The highest BCUT2D eigenvalue weighted by atomic mass is 79.9. The largest absolute Gasteiger partial charge is 0.398 e. The first-order valence-electron chi connectivity index (χ1n) is 5.29. The van der Waals surface area contributed by atoms with E-state index >= 15 is 0 Å². The molecule has 0 aliphatic heterocycles.